The smallest absolute Gasteiger partial charge is 0.512 e. The molecule has 0 unspecified atom stereocenters. The van der Waals surface area contributed by atoms with Crippen LogP contribution < -0.4 is 10.4 Å². The summed E-state index contributed by atoms with van der Waals surface area (Å²) in [5.41, 5.74) is 5.07. The van der Waals surface area contributed by atoms with Gasteiger partial charge in [-0.25, -0.2) is 4.39 Å². The molecule has 0 radical (unpaired) electrons. The van der Waals surface area contributed by atoms with Gasteiger partial charge in [0.1, 0.15) is 11.6 Å². The van der Waals surface area contributed by atoms with Crippen LogP contribution in [0.3, 0.4) is 0 Å². The van der Waals surface area contributed by atoms with Crippen LogP contribution in [0.2, 0.25) is 0 Å². The minimum absolute atomic E-state index is 0.101. The van der Waals surface area contributed by atoms with Gasteiger partial charge in [-0.15, -0.1) is 0 Å². The summed E-state index contributed by atoms with van der Waals surface area (Å²) in [6.45, 7) is 0. The number of nitrogen functional groups attached to an aromatic ring is 1. The van der Waals surface area contributed by atoms with Gasteiger partial charge >= 0.3 is 7.32 Å². The van der Waals surface area contributed by atoms with Crippen LogP contribution in [0.25, 0.3) is 0 Å². The van der Waals surface area contributed by atoms with Crippen LogP contribution in [0, 0.1) is 5.82 Å². The number of rotatable bonds is 2. The van der Waals surface area contributed by atoms with Gasteiger partial charge in [-0.1, -0.05) is 0 Å². The number of benzene rings is 1. The fourth-order valence-electron chi connectivity index (χ4n) is 0.717. The van der Waals surface area contributed by atoms with Crippen molar-refractivity contribution in [1.82, 2.24) is 0 Å². The van der Waals surface area contributed by atoms with Crippen molar-refractivity contribution < 1.29 is 19.1 Å². The van der Waals surface area contributed by atoms with Crippen LogP contribution >= 0.6 is 0 Å². The highest BCUT2D eigenvalue weighted by Crippen LogP contribution is 2.18. The zero-order valence-electron chi connectivity index (χ0n) is 6.07. The van der Waals surface area contributed by atoms with Gasteiger partial charge in [0.15, 0.2) is 0 Å². The van der Waals surface area contributed by atoms with Gasteiger partial charge in [0.2, 0.25) is 0 Å². The van der Waals surface area contributed by atoms with Crippen molar-refractivity contribution in [1.29, 1.82) is 0 Å². The van der Waals surface area contributed by atoms with Gasteiger partial charge in [0.25, 0.3) is 0 Å². The van der Waals surface area contributed by atoms with Crippen molar-refractivity contribution in [3.8, 4) is 5.75 Å². The Labute approximate surface area is 68.6 Å². The summed E-state index contributed by atoms with van der Waals surface area (Å²) in [5, 5.41) is 16.7. The monoisotopic (exact) mass is 171 g/mol. The van der Waals surface area contributed by atoms with Gasteiger partial charge in [-0.2, -0.15) is 0 Å². The number of hydrogen-bond acceptors (Lipinski definition) is 4. The summed E-state index contributed by atoms with van der Waals surface area (Å²) >= 11 is 0. The molecular weight excluding hydrogens is 164 g/mol. The van der Waals surface area contributed by atoms with E-state index in [0.29, 0.717) is 0 Å². The lowest BCUT2D eigenvalue weighted by Gasteiger charge is -2.04. The minimum atomic E-state index is -1.92. The maximum absolute atomic E-state index is 12.5. The van der Waals surface area contributed by atoms with Crippen molar-refractivity contribution in [3.05, 3.63) is 24.0 Å². The maximum Gasteiger partial charge on any atom is 0.707 e. The average molecular weight is 171 g/mol. The summed E-state index contributed by atoms with van der Waals surface area (Å²) in [4.78, 5) is 0. The van der Waals surface area contributed by atoms with E-state index in [-0.39, 0.29) is 11.4 Å². The Hall–Kier alpha value is -1.27. The molecule has 0 amide bonds. The Morgan fingerprint density at radius 2 is 2.08 bits per heavy atom. The molecule has 64 valence electrons. The van der Waals surface area contributed by atoms with E-state index in [1.807, 2.05) is 0 Å². The normalized spacial score (nSPS) is 9.58. The second kappa shape index (κ2) is 3.42. The predicted octanol–water partition coefficient (Wildman–Crippen LogP) is -0.244. The first kappa shape index (κ1) is 8.83. The van der Waals surface area contributed by atoms with Crippen molar-refractivity contribution >= 4 is 13.0 Å². The summed E-state index contributed by atoms with van der Waals surface area (Å²) in [5.74, 6) is -0.473. The molecule has 0 fully saturated rings. The topological polar surface area (TPSA) is 75.7 Å². The van der Waals surface area contributed by atoms with Crippen molar-refractivity contribution in [2.24, 2.45) is 0 Å². The molecular formula is C6H7BFNO3. The largest absolute Gasteiger partial charge is 0.707 e. The highest BCUT2D eigenvalue weighted by atomic mass is 19.1. The third-order valence-corrected chi connectivity index (χ3v) is 1.21. The van der Waals surface area contributed by atoms with Crippen molar-refractivity contribution in [3.63, 3.8) is 0 Å². The summed E-state index contributed by atoms with van der Waals surface area (Å²) in [6.07, 6.45) is 0. The molecule has 1 aromatic rings. The first-order valence-corrected chi connectivity index (χ1v) is 3.17. The molecule has 0 spiro atoms. The number of hydrogen-bond donors (Lipinski definition) is 3. The van der Waals surface area contributed by atoms with Crippen LogP contribution in [0.5, 0.6) is 5.75 Å². The lowest BCUT2D eigenvalue weighted by atomic mass is 10.2. The van der Waals surface area contributed by atoms with Crippen LogP contribution in [0.15, 0.2) is 18.2 Å². The average Bonchev–Trinajstić information content (AvgIpc) is 1.96. The first-order valence-electron chi connectivity index (χ1n) is 3.17. The van der Waals surface area contributed by atoms with E-state index >= 15 is 0 Å². The molecule has 6 heteroatoms. The van der Waals surface area contributed by atoms with E-state index in [4.69, 9.17) is 15.8 Å². The number of halogens is 1. The number of anilines is 1. The zero-order chi connectivity index (χ0) is 9.14. The van der Waals surface area contributed by atoms with Crippen LogP contribution in [0.4, 0.5) is 10.1 Å². The maximum atomic E-state index is 12.5. The zero-order valence-corrected chi connectivity index (χ0v) is 6.07. The fourth-order valence-corrected chi connectivity index (χ4v) is 0.717. The molecule has 1 rings (SSSR count). The molecule has 0 aliphatic carbocycles. The summed E-state index contributed by atoms with van der Waals surface area (Å²) in [7, 11) is -1.92. The van der Waals surface area contributed by atoms with E-state index in [0.717, 1.165) is 12.1 Å². The Morgan fingerprint density at radius 3 is 2.58 bits per heavy atom. The predicted molar refractivity (Wildman–Crippen MR) is 41.6 cm³/mol. The molecule has 0 heterocycles. The molecule has 4 nitrogen and oxygen atoms in total. The lowest BCUT2D eigenvalue weighted by Crippen LogP contribution is -2.20. The summed E-state index contributed by atoms with van der Waals surface area (Å²) in [6, 6.07) is 3.48. The van der Waals surface area contributed by atoms with Gasteiger partial charge in [0, 0.05) is 6.07 Å². The van der Waals surface area contributed by atoms with E-state index < -0.39 is 13.1 Å². The third-order valence-electron chi connectivity index (χ3n) is 1.21. The van der Waals surface area contributed by atoms with E-state index in [1.165, 1.54) is 6.07 Å². The quantitative estimate of drug-likeness (QED) is 0.423. The number of nitrogens with two attached hydrogens (primary N) is 1. The molecule has 0 aliphatic heterocycles. The van der Waals surface area contributed by atoms with E-state index in [1.54, 1.807) is 0 Å². The Morgan fingerprint density at radius 1 is 1.42 bits per heavy atom. The minimum Gasteiger partial charge on any atom is -0.512 e. The Bertz CT molecular complexity index is 281. The van der Waals surface area contributed by atoms with Crippen LogP contribution in [-0.4, -0.2) is 17.4 Å². The van der Waals surface area contributed by atoms with Crippen molar-refractivity contribution in [2.75, 3.05) is 5.73 Å². The Balaban J connectivity index is 2.82. The highest BCUT2D eigenvalue weighted by molar-refractivity contribution is 6.33. The Kier molecular flexibility index (Phi) is 2.52. The molecule has 0 aliphatic rings. The van der Waals surface area contributed by atoms with E-state index in [2.05, 4.69) is 4.65 Å². The van der Waals surface area contributed by atoms with Crippen LogP contribution in [-0.2, 0) is 0 Å². The third kappa shape index (κ3) is 2.11. The second-order valence-electron chi connectivity index (χ2n) is 2.13. The summed E-state index contributed by atoms with van der Waals surface area (Å²) < 4.78 is 16.9. The molecule has 0 saturated heterocycles. The van der Waals surface area contributed by atoms with Gasteiger partial charge in [0.05, 0.1) is 5.69 Å². The van der Waals surface area contributed by atoms with Crippen molar-refractivity contribution in [2.45, 2.75) is 0 Å². The van der Waals surface area contributed by atoms with Gasteiger partial charge in [-0.3, -0.25) is 0 Å². The molecule has 1 aromatic carbocycles. The standard InChI is InChI=1S/C6H7BFNO3/c8-5-2-1-4(3-6(5)9)12-7(10)11/h1-3,10-11H,9H2. The highest BCUT2D eigenvalue weighted by Gasteiger charge is 2.11. The SMILES string of the molecule is Nc1cc(OB(O)O)ccc1F. The molecule has 0 atom stereocenters. The fraction of sp³-hybridized carbons (Fsp3) is 0. The van der Waals surface area contributed by atoms with Gasteiger partial charge < -0.3 is 20.4 Å². The molecule has 0 aromatic heterocycles. The first-order chi connectivity index (χ1) is 5.59. The molecule has 0 bridgehead atoms. The van der Waals surface area contributed by atoms with Crippen LogP contribution in [0.1, 0.15) is 0 Å². The molecule has 12 heavy (non-hydrogen) atoms. The molecule has 0 saturated carbocycles. The van der Waals surface area contributed by atoms with Gasteiger partial charge in [-0.05, 0) is 12.1 Å². The molecule has 4 N–H and O–H groups in total. The van der Waals surface area contributed by atoms with E-state index in [9.17, 15) is 4.39 Å². The second-order valence-corrected chi connectivity index (χ2v) is 2.13. The lowest BCUT2D eigenvalue weighted by molar-refractivity contribution is 0.288.